The van der Waals surface area contributed by atoms with Crippen molar-refractivity contribution in [3.8, 4) is 0 Å². The van der Waals surface area contributed by atoms with Gasteiger partial charge >= 0.3 is 23.9 Å². The SMILES string of the molecule is CCc1c2[nH]c(c1C)C=C1NC(=Cc3[nH]c(c(CCC(=O)OC)c3C)C(C)=c3[nH]c(c(C)c3C(=O)OC)=C2)[C@@]2(C)C1=CC=C(C(=O)OC)[C@H]2C(=O)OC. The maximum absolute atomic E-state index is 13.7. The highest BCUT2D eigenvalue weighted by Gasteiger charge is 2.55. The van der Waals surface area contributed by atoms with E-state index in [-0.39, 0.29) is 18.0 Å². The topological polar surface area (TPSA) is 165 Å². The molecule has 6 rings (SSSR count). The van der Waals surface area contributed by atoms with E-state index in [9.17, 15) is 19.2 Å². The van der Waals surface area contributed by atoms with Crippen LogP contribution in [0.15, 0.2) is 34.7 Å². The van der Waals surface area contributed by atoms with Crippen molar-refractivity contribution in [1.82, 2.24) is 20.3 Å². The molecular formula is C41H46N4O8. The Morgan fingerprint density at radius 2 is 1.43 bits per heavy atom. The molecule has 0 aromatic carbocycles. The van der Waals surface area contributed by atoms with Crippen molar-refractivity contribution in [2.75, 3.05) is 28.4 Å². The van der Waals surface area contributed by atoms with Crippen molar-refractivity contribution in [2.45, 2.75) is 60.8 Å². The van der Waals surface area contributed by atoms with Crippen LogP contribution >= 0.6 is 0 Å². The number of nitrogens with one attached hydrogen (secondary N) is 4. The lowest BCUT2D eigenvalue weighted by molar-refractivity contribution is -0.150. The van der Waals surface area contributed by atoms with Gasteiger partial charge in [0.25, 0.3) is 0 Å². The number of aromatic amines is 3. The minimum absolute atomic E-state index is 0.125. The Balaban J connectivity index is 1.77. The third-order valence-electron chi connectivity index (χ3n) is 11.2. The second-order valence-corrected chi connectivity index (χ2v) is 13.8. The van der Waals surface area contributed by atoms with Crippen molar-refractivity contribution in [1.29, 1.82) is 0 Å². The molecule has 1 aliphatic carbocycles. The third kappa shape index (κ3) is 5.86. The van der Waals surface area contributed by atoms with Crippen LogP contribution in [0.2, 0.25) is 0 Å². The van der Waals surface area contributed by atoms with Crippen LogP contribution in [-0.4, -0.2) is 67.3 Å². The van der Waals surface area contributed by atoms with Crippen LogP contribution < -0.4 is 16.0 Å². The number of H-pyrrole nitrogens is 3. The molecule has 0 amide bonds. The van der Waals surface area contributed by atoms with E-state index in [2.05, 4.69) is 34.1 Å². The molecule has 0 radical (unpaired) electrons. The lowest BCUT2D eigenvalue weighted by Gasteiger charge is -2.36. The van der Waals surface area contributed by atoms with Crippen molar-refractivity contribution >= 4 is 47.7 Å². The number of hydrogen-bond donors (Lipinski definition) is 4. The van der Waals surface area contributed by atoms with Crippen molar-refractivity contribution < 1.29 is 38.1 Å². The molecule has 12 nitrogen and oxygen atoms in total. The number of carbonyl (C=O) groups excluding carboxylic acids is 4. The number of fused-ring (bicyclic) bond motifs is 11. The number of carbonyl (C=O) groups is 4. The van der Waals surface area contributed by atoms with Crippen LogP contribution in [0, 0.1) is 32.1 Å². The first-order valence-electron chi connectivity index (χ1n) is 17.5. The van der Waals surface area contributed by atoms with E-state index in [4.69, 9.17) is 18.9 Å². The number of hydrogen-bond acceptors (Lipinski definition) is 9. The summed E-state index contributed by atoms with van der Waals surface area (Å²) in [6.45, 7) is 11.8. The zero-order chi connectivity index (χ0) is 38.5. The molecule has 8 bridgehead atoms. The molecule has 1 saturated heterocycles. The van der Waals surface area contributed by atoms with E-state index in [1.807, 2.05) is 52.0 Å². The Morgan fingerprint density at radius 3 is 2.08 bits per heavy atom. The molecule has 278 valence electrons. The summed E-state index contributed by atoms with van der Waals surface area (Å²) >= 11 is 0. The molecule has 3 aromatic heterocycles. The Hall–Kier alpha value is -5.78. The Labute approximate surface area is 307 Å². The molecule has 3 aromatic rings. The van der Waals surface area contributed by atoms with E-state index >= 15 is 0 Å². The highest BCUT2D eigenvalue weighted by molar-refractivity contribution is 5.98. The van der Waals surface area contributed by atoms with Gasteiger partial charge in [-0.05, 0) is 105 Å². The minimum atomic E-state index is -1.10. The Morgan fingerprint density at radius 1 is 0.755 bits per heavy atom. The summed E-state index contributed by atoms with van der Waals surface area (Å²) in [4.78, 5) is 63.5. The van der Waals surface area contributed by atoms with E-state index in [1.165, 1.54) is 28.4 Å². The van der Waals surface area contributed by atoms with Gasteiger partial charge < -0.3 is 39.2 Å². The Bertz CT molecular complexity index is 2340. The molecule has 12 heteroatoms. The number of ether oxygens (including phenoxy) is 4. The second kappa shape index (κ2) is 14.0. The molecule has 4 N–H and O–H groups in total. The van der Waals surface area contributed by atoms with Gasteiger partial charge in [0.15, 0.2) is 0 Å². The molecular weight excluding hydrogens is 676 g/mol. The second-order valence-electron chi connectivity index (χ2n) is 13.8. The molecule has 0 spiro atoms. The van der Waals surface area contributed by atoms with E-state index in [0.717, 1.165) is 67.8 Å². The molecule has 0 unspecified atom stereocenters. The standard InChI is InChI=1S/C41H46N4O8/c1-11-23-19(2)27-17-31-26-14-12-25(38(47)51-8)35(40(49)53-10)41(26,6)32(43-31)18-29-20(3)24(13-15-33(46)50-7)36(44-29)22(5)37-34(39(48)52-9)21(4)28(45-37)16-30(23)42-27/h12,14,16-18,35,42-45H,11,13,15H2,1-10H3/t35-,41+/m0/s1. The van der Waals surface area contributed by atoms with E-state index < -0.39 is 29.2 Å². The summed E-state index contributed by atoms with van der Waals surface area (Å²) < 4.78 is 20.8. The van der Waals surface area contributed by atoms with E-state index in [0.29, 0.717) is 34.4 Å². The monoisotopic (exact) mass is 722 g/mol. The zero-order valence-electron chi connectivity index (χ0n) is 31.9. The predicted molar refractivity (Wildman–Crippen MR) is 200 cm³/mol. The van der Waals surface area contributed by atoms with Crippen LogP contribution in [0.3, 0.4) is 0 Å². The molecule has 1 fully saturated rings. The third-order valence-corrected chi connectivity index (χ3v) is 11.2. The summed E-state index contributed by atoms with van der Waals surface area (Å²) in [5.41, 5.74) is 10.1. The number of allylic oxidation sites excluding steroid dienone is 4. The molecule has 53 heavy (non-hydrogen) atoms. The average Bonchev–Trinajstić information content (AvgIpc) is 3.83. The number of esters is 4. The fraction of sp³-hybridized carbons (Fsp3) is 0.366. The first kappa shape index (κ1) is 37.0. The van der Waals surface area contributed by atoms with Gasteiger partial charge in [-0.1, -0.05) is 19.1 Å². The molecule has 2 atom stereocenters. The van der Waals surface area contributed by atoms with Gasteiger partial charge in [-0.2, -0.15) is 0 Å². The summed E-state index contributed by atoms with van der Waals surface area (Å²) in [5, 5.41) is 4.95. The van der Waals surface area contributed by atoms with Crippen LogP contribution in [-0.2, 0) is 46.2 Å². The smallest absolute Gasteiger partial charge is 0.340 e. The van der Waals surface area contributed by atoms with E-state index in [1.54, 1.807) is 6.08 Å². The molecule has 3 aliphatic rings. The zero-order valence-corrected chi connectivity index (χ0v) is 31.9. The van der Waals surface area contributed by atoms with Crippen molar-refractivity contribution in [3.63, 3.8) is 0 Å². The highest BCUT2D eigenvalue weighted by Crippen LogP contribution is 2.55. The first-order valence-corrected chi connectivity index (χ1v) is 17.5. The summed E-state index contributed by atoms with van der Waals surface area (Å²) in [7, 11) is 5.31. The van der Waals surface area contributed by atoms with Gasteiger partial charge in [0.2, 0.25) is 0 Å². The summed E-state index contributed by atoms with van der Waals surface area (Å²) in [6, 6.07) is 0. The van der Waals surface area contributed by atoms with Crippen molar-refractivity contribution in [3.05, 3.63) is 102 Å². The number of rotatable bonds is 7. The van der Waals surface area contributed by atoms with Gasteiger partial charge in [0.1, 0.15) is 5.92 Å². The van der Waals surface area contributed by atoms with Crippen LogP contribution in [0.5, 0.6) is 0 Å². The minimum Gasteiger partial charge on any atom is -0.469 e. The largest absolute Gasteiger partial charge is 0.469 e. The number of methoxy groups -OCH3 is 4. The van der Waals surface area contributed by atoms with Crippen LogP contribution in [0.1, 0.15) is 88.1 Å². The van der Waals surface area contributed by atoms with Gasteiger partial charge in [-0.25, -0.2) is 9.59 Å². The van der Waals surface area contributed by atoms with Gasteiger partial charge in [0.05, 0.1) is 50.3 Å². The maximum atomic E-state index is 13.7. The summed E-state index contributed by atoms with van der Waals surface area (Å²) in [6.07, 6.45) is 10.7. The highest BCUT2D eigenvalue weighted by atomic mass is 16.5. The first-order chi connectivity index (χ1) is 25.2. The van der Waals surface area contributed by atoms with Crippen LogP contribution in [0.4, 0.5) is 0 Å². The van der Waals surface area contributed by atoms with Gasteiger partial charge in [-0.3, -0.25) is 9.59 Å². The normalized spacial score (nSPS) is 18.8. The van der Waals surface area contributed by atoms with Crippen molar-refractivity contribution in [2.24, 2.45) is 11.3 Å². The maximum Gasteiger partial charge on any atom is 0.340 e. The lowest BCUT2D eigenvalue weighted by atomic mass is 9.64. The average molecular weight is 723 g/mol. The predicted octanol–water partition coefficient (Wildman–Crippen LogP) is 4.23. The molecule has 0 saturated carbocycles. The number of aromatic nitrogens is 3. The fourth-order valence-corrected chi connectivity index (χ4v) is 8.12. The Kier molecular flexibility index (Phi) is 9.76. The van der Waals surface area contributed by atoms with Gasteiger partial charge in [-0.15, -0.1) is 0 Å². The molecule has 2 aliphatic heterocycles. The fourth-order valence-electron chi connectivity index (χ4n) is 8.12. The van der Waals surface area contributed by atoms with Crippen LogP contribution in [0.25, 0.3) is 23.8 Å². The summed E-state index contributed by atoms with van der Waals surface area (Å²) in [5.74, 6) is -3.10. The lowest BCUT2D eigenvalue weighted by Crippen LogP contribution is -2.40. The molecule has 5 heterocycles. The quantitative estimate of drug-likeness (QED) is 0.206. The van der Waals surface area contributed by atoms with Gasteiger partial charge in [0, 0.05) is 45.9 Å².